The van der Waals surface area contributed by atoms with Gasteiger partial charge in [-0.1, -0.05) is 26.7 Å². The van der Waals surface area contributed by atoms with Crippen molar-refractivity contribution in [2.75, 3.05) is 25.4 Å². The number of quaternary nitrogens is 1. The van der Waals surface area contributed by atoms with Crippen LogP contribution in [-0.4, -0.2) is 54.8 Å². The summed E-state index contributed by atoms with van der Waals surface area (Å²) < 4.78 is 33.4. The third-order valence-electron chi connectivity index (χ3n) is 4.72. The summed E-state index contributed by atoms with van der Waals surface area (Å²) in [5, 5.41) is 2.39. The van der Waals surface area contributed by atoms with E-state index in [4.69, 9.17) is 0 Å². The van der Waals surface area contributed by atoms with Crippen molar-refractivity contribution in [1.82, 2.24) is 5.32 Å². The van der Waals surface area contributed by atoms with Gasteiger partial charge in [-0.2, -0.15) is 0 Å². The molecule has 0 aromatic rings. The largest absolute Gasteiger partial charge is 0.748 e. The molecule has 0 aliphatic carbocycles. The molecule has 0 fully saturated rings. The molecule has 0 radical (unpaired) electrons. The molecule has 0 saturated carbocycles. The first kappa shape index (κ1) is 23.1. The first-order valence-electron chi connectivity index (χ1n) is 8.97. The average Bonchev–Trinajstić information content (AvgIpc) is 2.51. The highest BCUT2D eigenvalue weighted by molar-refractivity contribution is 7.85. The van der Waals surface area contributed by atoms with Crippen LogP contribution in [0.3, 0.4) is 0 Å². The van der Waals surface area contributed by atoms with E-state index < -0.39 is 10.1 Å². The minimum atomic E-state index is -4.09. The standard InChI is InChI=1S/C14H31NO3S.C3H3NO/c1-5-8-11-15(7-3,12-9-6-2)14(4)10-13-19(16,17)18;5-3-1-2-4-3/h14H,5-13H2,1-4H3;1-2H,(H,4,5). The number of amides is 1. The van der Waals surface area contributed by atoms with E-state index in [2.05, 4.69) is 33.0 Å². The zero-order chi connectivity index (χ0) is 18.6. The van der Waals surface area contributed by atoms with Crippen molar-refractivity contribution in [3.8, 4) is 0 Å². The lowest BCUT2D eigenvalue weighted by Crippen LogP contribution is -2.55. The van der Waals surface area contributed by atoms with Crippen LogP contribution >= 0.6 is 0 Å². The Morgan fingerprint density at radius 3 is 1.88 bits per heavy atom. The lowest BCUT2D eigenvalue weighted by atomic mass is 10.1. The van der Waals surface area contributed by atoms with E-state index >= 15 is 0 Å². The van der Waals surface area contributed by atoms with Gasteiger partial charge in [-0.05, 0) is 26.7 Å². The fourth-order valence-corrected chi connectivity index (χ4v) is 3.50. The molecule has 7 heteroatoms. The predicted octanol–water partition coefficient (Wildman–Crippen LogP) is 2.38. The van der Waals surface area contributed by atoms with Crippen molar-refractivity contribution >= 4 is 16.0 Å². The highest BCUT2D eigenvalue weighted by Crippen LogP contribution is 2.20. The molecule has 1 N–H and O–H groups in total. The molecule has 1 rings (SSSR count). The second kappa shape index (κ2) is 11.6. The van der Waals surface area contributed by atoms with Crippen molar-refractivity contribution in [1.29, 1.82) is 0 Å². The number of hydrogen-bond donors (Lipinski definition) is 1. The average molecular weight is 363 g/mol. The van der Waals surface area contributed by atoms with Crippen LogP contribution in [0.15, 0.2) is 12.3 Å². The quantitative estimate of drug-likeness (QED) is 0.451. The Hall–Kier alpha value is -0.920. The summed E-state index contributed by atoms with van der Waals surface area (Å²) in [5.41, 5.74) is 0. The fourth-order valence-electron chi connectivity index (χ4n) is 2.87. The number of nitrogens with zero attached hydrogens (tertiary/aromatic N) is 1. The van der Waals surface area contributed by atoms with Crippen LogP contribution in [0.4, 0.5) is 0 Å². The Bertz CT molecular complexity index is 481. The van der Waals surface area contributed by atoms with Crippen LogP contribution in [-0.2, 0) is 14.9 Å². The Kier molecular flexibility index (Phi) is 11.2. The van der Waals surface area contributed by atoms with Gasteiger partial charge in [-0.25, -0.2) is 8.42 Å². The van der Waals surface area contributed by atoms with Crippen LogP contribution < -0.4 is 5.32 Å². The Morgan fingerprint density at radius 2 is 1.62 bits per heavy atom. The Balaban J connectivity index is 0.000000889. The molecular weight excluding hydrogens is 328 g/mol. The molecule has 6 nitrogen and oxygen atoms in total. The number of nitrogens with one attached hydrogen (secondary N) is 1. The second-order valence-corrected chi connectivity index (χ2v) is 7.95. The van der Waals surface area contributed by atoms with E-state index in [0.717, 1.165) is 49.8 Å². The molecule has 142 valence electrons. The molecule has 1 aliphatic heterocycles. The third kappa shape index (κ3) is 9.39. The summed E-state index contributed by atoms with van der Waals surface area (Å²) in [6.45, 7) is 11.8. The summed E-state index contributed by atoms with van der Waals surface area (Å²) in [6.07, 6.45) is 8.17. The van der Waals surface area contributed by atoms with Crippen molar-refractivity contribution in [2.24, 2.45) is 0 Å². The third-order valence-corrected chi connectivity index (χ3v) is 5.46. The summed E-state index contributed by atoms with van der Waals surface area (Å²) >= 11 is 0. The minimum Gasteiger partial charge on any atom is -0.748 e. The van der Waals surface area contributed by atoms with Gasteiger partial charge in [0.15, 0.2) is 0 Å². The van der Waals surface area contributed by atoms with Gasteiger partial charge in [-0.15, -0.1) is 0 Å². The normalized spacial score (nSPS) is 15.1. The molecule has 0 aromatic heterocycles. The topological polar surface area (TPSA) is 86.3 Å². The van der Waals surface area contributed by atoms with Gasteiger partial charge < -0.3 is 14.4 Å². The van der Waals surface area contributed by atoms with Gasteiger partial charge in [0.1, 0.15) is 0 Å². The van der Waals surface area contributed by atoms with Crippen LogP contribution in [0, 0.1) is 0 Å². The summed E-state index contributed by atoms with van der Waals surface area (Å²) in [7, 11) is -4.09. The second-order valence-electron chi connectivity index (χ2n) is 6.43. The summed E-state index contributed by atoms with van der Waals surface area (Å²) in [5.74, 6) is -0.225. The molecule has 1 unspecified atom stereocenters. The summed E-state index contributed by atoms with van der Waals surface area (Å²) in [4.78, 5) is 9.70. The lowest BCUT2D eigenvalue weighted by Gasteiger charge is -2.43. The maximum absolute atomic E-state index is 10.8. The maximum atomic E-state index is 10.8. The molecule has 1 atom stereocenters. The van der Waals surface area contributed by atoms with Crippen molar-refractivity contribution in [3.63, 3.8) is 0 Å². The minimum absolute atomic E-state index is 0.00463. The molecular formula is C17H34N2O4S. The number of carbonyl (C=O) groups excluding carboxylic acids is 1. The van der Waals surface area contributed by atoms with E-state index in [1.807, 2.05) is 0 Å². The molecule has 1 aliphatic rings. The van der Waals surface area contributed by atoms with Gasteiger partial charge in [-0.3, -0.25) is 4.79 Å². The molecule has 0 spiro atoms. The monoisotopic (exact) mass is 362 g/mol. The number of hydrogen-bond acceptors (Lipinski definition) is 4. The molecule has 0 bridgehead atoms. The SMILES string of the molecule is CCCC[N+](CC)(CCCC)C(C)CCS(=O)(=O)[O-].O=C1C=CN1. The van der Waals surface area contributed by atoms with Gasteiger partial charge >= 0.3 is 0 Å². The number of unbranched alkanes of at least 4 members (excludes halogenated alkanes) is 2. The smallest absolute Gasteiger partial charge is 0.249 e. The van der Waals surface area contributed by atoms with E-state index in [1.54, 1.807) is 6.20 Å². The number of carbonyl (C=O) groups is 1. The van der Waals surface area contributed by atoms with Gasteiger partial charge in [0.05, 0.1) is 35.8 Å². The molecule has 0 saturated heterocycles. The van der Waals surface area contributed by atoms with Crippen LogP contribution in [0.25, 0.3) is 0 Å². The Morgan fingerprint density at radius 1 is 1.17 bits per heavy atom. The van der Waals surface area contributed by atoms with Gasteiger partial charge in [0, 0.05) is 24.4 Å². The van der Waals surface area contributed by atoms with Crippen LogP contribution in [0.5, 0.6) is 0 Å². The van der Waals surface area contributed by atoms with E-state index in [9.17, 15) is 17.8 Å². The predicted molar refractivity (Wildman–Crippen MR) is 96.3 cm³/mol. The highest BCUT2D eigenvalue weighted by atomic mass is 32.2. The van der Waals surface area contributed by atoms with Crippen molar-refractivity contribution in [3.05, 3.63) is 12.3 Å². The molecule has 1 heterocycles. The zero-order valence-electron chi connectivity index (χ0n) is 15.6. The zero-order valence-corrected chi connectivity index (χ0v) is 16.4. The van der Waals surface area contributed by atoms with Crippen LogP contribution in [0.2, 0.25) is 0 Å². The van der Waals surface area contributed by atoms with Crippen LogP contribution in [0.1, 0.15) is 59.8 Å². The van der Waals surface area contributed by atoms with E-state index in [-0.39, 0.29) is 17.7 Å². The highest BCUT2D eigenvalue weighted by Gasteiger charge is 2.31. The maximum Gasteiger partial charge on any atom is 0.249 e. The van der Waals surface area contributed by atoms with Gasteiger partial charge in [0.2, 0.25) is 5.91 Å². The first-order chi connectivity index (χ1) is 11.2. The Labute approximate surface area is 147 Å². The molecule has 1 amide bonds. The first-order valence-corrected chi connectivity index (χ1v) is 10.5. The van der Waals surface area contributed by atoms with Crippen molar-refractivity contribution < 1.29 is 22.2 Å². The van der Waals surface area contributed by atoms with E-state index in [0.29, 0.717) is 6.42 Å². The molecule has 24 heavy (non-hydrogen) atoms. The molecule has 0 aromatic carbocycles. The lowest BCUT2D eigenvalue weighted by molar-refractivity contribution is -0.948. The van der Waals surface area contributed by atoms with Crippen molar-refractivity contribution in [2.45, 2.75) is 65.8 Å². The fraction of sp³-hybridized carbons (Fsp3) is 0.824. The van der Waals surface area contributed by atoms with Gasteiger partial charge in [0.25, 0.3) is 0 Å². The number of rotatable bonds is 11. The summed E-state index contributed by atoms with van der Waals surface area (Å²) in [6, 6.07) is 0.242. The van der Waals surface area contributed by atoms with E-state index in [1.165, 1.54) is 6.08 Å².